The van der Waals surface area contributed by atoms with Crippen LogP contribution in [0.2, 0.25) is 0 Å². The number of benzene rings is 28. The van der Waals surface area contributed by atoms with Gasteiger partial charge < -0.3 is 13.3 Å². The monoisotopic (exact) mass is 1870 g/mol. The van der Waals surface area contributed by atoms with E-state index in [1.165, 1.54) is 0 Å². The highest BCUT2D eigenvalue weighted by Crippen LogP contribution is 2.55. The summed E-state index contributed by atoms with van der Waals surface area (Å²) < 4.78 is 302. The molecule has 31 aromatic rings. The molecule has 0 aliphatic carbocycles. The molecule has 28 aromatic carbocycles. The molecule has 145 heavy (non-hydrogen) atoms. The van der Waals surface area contributed by atoms with Gasteiger partial charge in [-0.2, -0.15) is 0 Å². The molecule has 0 N–H and O–H groups in total. The van der Waals surface area contributed by atoms with Crippen LogP contribution in [0.4, 0.5) is 0 Å². The van der Waals surface area contributed by atoms with E-state index in [2.05, 4.69) is 36.4 Å². The zero-order valence-electron chi connectivity index (χ0n) is 107. The molecule has 0 unspecified atom stereocenters. The van der Waals surface area contributed by atoms with Crippen molar-refractivity contribution in [2.24, 2.45) is 0 Å². The molecule has 0 amide bonds. The second kappa shape index (κ2) is 33.9. The van der Waals surface area contributed by atoms with Crippen LogP contribution in [0.15, 0.2) is 534 Å². The minimum atomic E-state index is -0.759. The minimum Gasteiger partial charge on any atom is -0.456 e. The van der Waals surface area contributed by atoms with Gasteiger partial charge in [0.1, 0.15) is 33.5 Å². The van der Waals surface area contributed by atoms with E-state index in [1.54, 1.807) is 24.3 Å². The van der Waals surface area contributed by atoms with E-state index in [-0.39, 0.29) is 124 Å². The Morgan fingerprint density at radius 2 is 0.407 bits per heavy atom. The largest absolute Gasteiger partial charge is 0.456 e. The van der Waals surface area contributed by atoms with Gasteiger partial charge in [-0.1, -0.05) is 460 Å². The fourth-order valence-corrected chi connectivity index (χ4v) is 22.1. The first kappa shape index (κ1) is 57.5. The first-order valence-corrected chi connectivity index (χ1v) is 47.4. The molecule has 0 bridgehead atoms. The summed E-state index contributed by atoms with van der Waals surface area (Å²) >= 11 is 0. The fraction of sp³-hybridized carbons (Fsp3) is 0. The Labute approximate surface area is 878 Å². The Morgan fingerprint density at radius 1 is 0.124 bits per heavy atom. The van der Waals surface area contributed by atoms with Gasteiger partial charge in [0.15, 0.2) is 0 Å². The summed E-state index contributed by atoms with van der Waals surface area (Å²) in [7, 11) is 0. The SMILES string of the molecule is [2H]c1c([2H])c([2H])c2c(-c3c(-c4ccc5oc6ccc7ccccc7c6c5c4)ccc4ccccc34)c3c([2H])c([2H])c([2H])c([2H])c3c(-c3cccc4ccccc34)c2c1[2H].[2H]c1c([2H])c([2H])c2c(-c3c4c([2H])c([2H])c([2H])c([2H])c4c(-c4ccccc4-c4ccc5oc6ccc7ccccc7c6c5c4)c4c([2H])c([2H])c([2H])c([2H])c34)c([2H])c([2H])c([2H])c2c1[2H].[2H]c1c([2H])c([2H])c2c(-c3ccccc3-c3ccc4oc5ccc6ccccc6c5c4c3)c3c([2H])c([2H])c([2H])c([2H])c3c(-c3ccc4ccccc4c3)c2c1[2H]. The molecule has 0 atom stereocenters. The maximum Gasteiger partial charge on any atom is 0.136 e. The van der Waals surface area contributed by atoms with Crippen LogP contribution < -0.4 is 0 Å². The average Bonchev–Trinajstić information content (AvgIpc) is 1.04. The molecule has 3 heterocycles. The summed E-state index contributed by atoms with van der Waals surface area (Å²) in [5, 5.41) is 16.4. The highest BCUT2D eigenvalue weighted by atomic mass is 16.3. The molecule has 0 saturated heterocycles. The van der Waals surface area contributed by atoms with Crippen molar-refractivity contribution in [3.63, 3.8) is 0 Å². The van der Waals surface area contributed by atoms with Gasteiger partial charge in [0.05, 0.1) is 42.5 Å². The van der Waals surface area contributed by atoms with Crippen molar-refractivity contribution in [2.75, 3.05) is 0 Å². The van der Waals surface area contributed by atoms with Gasteiger partial charge in [0, 0.05) is 32.3 Å². The number of fused-ring (bicyclic) bond motifs is 25. The summed E-state index contributed by atoms with van der Waals surface area (Å²) in [5.74, 6) is 0. The molecule has 31 rings (SSSR count). The van der Waals surface area contributed by atoms with Crippen LogP contribution in [0.5, 0.6) is 0 Å². The molecule has 0 aliphatic rings. The highest BCUT2D eigenvalue weighted by Gasteiger charge is 2.28. The van der Waals surface area contributed by atoms with Gasteiger partial charge in [-0.05, 0) is 301 Å². The third kappa shape index (κ3) is 13.5. The zero-order chi connectivity index (χ0) is 122. The normalized spacial score (nSPS) is 14.9. The lowest BCUT2D eigenvalue weighted by molar-refractivity contribution is 0.669. The summed E-state index contributed by atoms with van der Waals surface area (Å²) in [4.78, 5) is 0. The van der Waals surface area contributed by atoms with E-state index in [0.717, 1.165) is 130 Å². The average molecular weight is 1870 g/mol. The van der Waals surface area contributed by atoms with Crippen molar-refractivity contribution in [2.45, 2.75) is 0 Å². The fourth-order valence-electron chi connectivity index (χ4n) is 22.1. The first-order chi connectivity index (χ1) is 84.8. The molecular formula is C142H86O3. The van der Waals surface area contributed by atoms with Gasteiger partial charge in [-0.25, -0.2) is 0 Å². The Balaban J connectivity index is 0.000000118. The van der Waals surface area contributed by atoms with Crippen molar-refractivity contribution in [1.82, 2.24) is 0 Å². The Bertz CT molecular complexity index is 12700. The van der Waals surface area contributed by atoms with Crippen LogP contribution in [0, 0.1) is 0 Å². The van der Waals surface area contributed by atoms with E-state index in [9.17, 15) is 17.8 Å². The Morgan fingerprint density at radius 3 is 0.848 bits per heavy atom. The predicted molar refractivity (Wildman–Crippen MR) is 618 cm³/mol. The molecule has 0 aliphatic heterocycles. The van der Waals surface area contributed by atoms with Crippen molar-refractivity contribution >= 4 is 206 Å². The predicted octanol–water partition coefficient (Wildman–Crippen LogP) is 40.8. The lowest BCUT2D eigenvalue weighted by Crippen LogP contribution is -1.94. The zero-order valence-corrected chi connectivity index (χ0v) is 76.5. The van der Waals surface area contributed by atoms with Crippen LogP contribution >= 0.6 is 0 Å². The van der Waals surface area contributed by atoms with Gasteiger partial charge in [0.2, 0.25) is 0 Å². The standard InChI is InChI=1S/C50H30O.2C46H28O/c1-4-16-35-31(12-1)15-11-23-39(35)47-40-19-7-9-21-42(40)50(43-22-10-8-20-41(43)47)49-37-18-6-3-13-32(37)24-27-38(49)34-26-28-45-44(30-34)48-36-17-5-2-14-33(36)25-29-46(48)51-45;1-3-15-32-29(12-1)14-11-23-36(32)45-39-21-9-7-19-37(39)44(38-20-8-10-22-40(38)45)35-18-6-5-16-33(35)31-25-26-42-41(28-31)46-34-17-4-2-13-30(34)24-27-43(46)47-42;1-2-13-31-27-33(22-21-29(31)11-1)44-37-17-7-9-19-39(37)45(40-20-10-8-18-38(40)44)36-16-6-5-14-34(36)32-24-25-42-41(28-32)46-35-15-4-3-12-30(35)23-26-43(46)47-42/h1-30H;2*1-28H/i7D,8D,9D,10D,19D,20D,21D,22D;1D,3D,7D,8D,9D,10D,11D,12D,14D,15D,19D,20D,21D,22D,23D;7D,8D,9D,10D,17D,18D,19D,20D. The molecular weight excluding hydrogens is 1750 g/mol. The van der Waals surface area contributed by atoms with Gasteiger partial charge in [0.25, 0.3) is 0 Å². The van der Waals surface area contributed by atoms with Crippen LogP contribution in [0.25, 0.3) is 306 Å². The third-order valence-electron chi connectivity index (χ3n) is 28.4. The third-order valence-corrected chi connectivity index (χ3v) is 28.4. The van der Waals surface area contributed by atoms with Crippen molar-refractivity contribution in [1.29, 1.82) is 0 Å². The van der Waals surface area contributed by atoms with E-state index < -0.39 is 155 Å². The van der Waals surface area contributed by atoms with Crippen LogP contribution in [-0.2, 0) is 0 Å². The van der Waals surface area contributed by atoms with E-state index in [0.29, 0.717) is 83.5 Å². The lowest BCUT2D eigenvalue weighted by Gasteiger charge is -2.22. The highest BCUT2D eigenvalue weighted by molar-refractivity contribution is 6.31. The molecule has 672 valence electrons. The molecule has 0 spiro atoms. The molecule has 0 saturated carbocycles. The summed E-state index contributed by atoms with van der Waals surface area (Å²) in [6, 6.07) is 90.7. The summed E-state index contributed by atoms with van der Waals surface area (Å²) in [6.45, 7) is 0. The van der Waals surface area contributed by atoms with Gasteiger partial charge in [-0.3, -0.25) is 0 Å². The number of hydrogen-bond acceptors (Lipinski definition) is 3. The van der Waals surface area contributed by atoms with Crippen molar-refractivity contribution < 1.29 is 55.7 Å². The van der Waals surface area contributed by atoms with Crippen LogP contribution in [0.1, 0.15) is 42.5 Å². The van der Waals surface area contributed by atoms with E-state index in [1.807, 2.05) is 273 Å². The summed E-state index contributed by atoms with van der Waals surface area (Å²) in [5.41, 5.74) is 11.6. The topological polar surface area (TPSA) is 39.4 Å². The maximum absolute atomic E-state index is 9.68. The number of rotatable bonds is 9. The summed E-state index contributed by atoms with van der Waals surface area (Å²) in [6.07, 6.45) is 0. The molecule has 0 radical (unpaired) electrons. The Kier molecular flexibility index (Phi) is 13.4. The minimum absolute atomic E-state index is 0.0249. The van der Waals surface area contributed by atoms with Crippen molar-refractivity contribution in [3.05, 3.63) is 521 Å². The molecule has 3 heteroatoms. The Hall–Kier alpha value is -19.1. The first-order valence-electron chi connectivity index (χ1n) is 62.9. The maximum atomic E-state index is 9.68. The molecule has 3 aromatic heterocycles. The molecule has 3 nitrogen and oxygen atoms in total. The van der Waals surface area contributed by atoms with E-state index >= 15 is 0 Å². The van der Waals surface area contributed by atoms with Crippen molar-refractivity contribution in [3.8, 4) is 100 Å². The molecule has 0 fully saturated rings. The van der Waals surface area contributed by atoms with Crippen LogP contribution in [0.3, 0.4) is 0 Å². The van der Waals surface area contributed by atoms with Crippen LogP contribution in [-0.4, -0.2) is 0 Å². The second-order valence-corrected chi connectivity index (χ2v) is 36.1. The second-order valence-electron chi connectivity index (χ2n) is 36.1. The smallest absolute Gasteiger partial charge is 0.136 e. The van der Waals surface area contributed by atoms with Gasteiger partial charge in [-0.15, -0.1) is 0 Å². The van der Waals surface area contributed by atoms with Gasteiger partial charge >= 0.3 is 0 Å². The lowest BCUT2D eigenvalue weighted by atomic mass is 9.81. The quantitative estimate of drug-likeness (QED) is 0.135. The van der Waals surface area contributed by atoms with E-state index in [4.69, 9.17) is 37.9 Å². The number of hydrogen-bond donors (Lipinski definition) is 0. The number of furan rings is 3.